The van der Waals surface area contributed by atoms with Crippen LogP contribution in [0.4, 0.5) is 0 Å². The first-order valence-electron chi connectivity index (χ1n) is 5.95. The van der Waals surface area contributed by atoms with E-state index in [1.165, 1.54) is 0 Å². The molecule has 22 heavy (non-hydrogen) atoms. The Kier molecular flexibility index (Phi) is 5.77. The predicted molar refractivity (Wildman–Crippen MR) is 67.8 cm³/mol. The van der Waals surface area contributed by atoms with Gasteiger partial charge in [-0.2, -0.15) is 0 Å². The summed E-state index contributed by atoms with van der Waals surface area (Å²) in [5, 5.41) is 38.1. The molecule has 1 aliphatic rings. The molecule has 0 aromatic carbocycles. The summed E-state index contributed by atoms with van der Waals surface area (Å²) in [6.07, 6.45) is 0. The first kappa shape index (κ1) is 17.3. The minimum atomic E-state index is -1.50. The van der Waals surface area contributed by atoms with Crippen molar-refractivity contribution in [3.8, 4) is 0 Å². The van der Waals surface area contributed by atoms with Crippen molar-refractivity contribution in [2.75, 3.05) is 32.7 Å². The van der Waals surface area contributed by atoms with E-state index in [0.717, 1.165) is 15.1 Å². The number of hydrogen-bond donors (Lipinski definition) is 4. The summed E-state index contributed by atoms with van der Waals surface area (Å²) < 4.78 is 0. The van der Waals surface area contributed by atoms with Crippen LogP contribution in [0, 0.1) is 0 Å². The Morgan fingerprint density at radius 1 is 1.00 bits per heavy atom. The Labute approximate surface area is 123 Å². The van der Waals surface area contributed by atoms with Gasteiger partial charge in [-0.05, 0) is 0 Å². The van der Waals surface area contributed by atoms with Crippen molar-refractivity contribution in [2.24, 2.45) is 4.99 Å². The van der Waals surface area contributed by atoms with Gasteiger partial charge < -0.3 is 20.4 Å². The number of carboxylic acid groups (broad SMARTS) is 4. The van der Waals surface area contributed by atoms with E-state index in [4.69, 9.17) is 20.4 Å². The van der Waals surface area contributed by atoms with Gasteiger partial charge in [-0.3, -0.25) is 24.4 Å². The van der Waals surface area contributed by atoms with E-state index in [1.54, 1.807) is 0 Å². The molecule has 0 saturated heterocycles. The SMILES string of the molecule is O=C(O)CN(CC(=O)O)N1CCN=C(C(=O)O)N1CC(=O)O. The molecule has 0 spiro atoms. The van der Waals surface area contributed by atoms with Gasteiger partial charge in [0.05, 0.1) is 13.1 Å². The Balaban J connectivity index is 3.11. The molecule has 0 aromatic rings. The molecule has 0 unspecified atom stereocenters. The molecule has 4 N–H and O–H groups in total. The van der Waals surface area contributed by atoms with Crippen molar-refractivity contribution >= 4 is 29.7 Å². The van der Waals surface area contributed by atoms with Crippen LogP contribution in [0.1, 0.15) is 0 Å². The normalized spacial score (nSPS) is 15.5. The third kappa shape index (κ3) is 4.68. The van der Waals surface area contributed by atoms with Crippen molar-refractivity contribution in [2.45, 2.75) is 0 Å². The molecular weight excluding hydrogens is 304 g/mol. The summed E-state index contributed by atoms with van der Waals surface area (Å²) in [6.45, 7) is -2.39. The number of nitrogens with zero attached hydrogens (tertiary/aromatic N) is 4. The maximum Gasteiger partial charge on any atom is 0.372 e. The molecule has 0 radical (unpaired) electrons. The first-order valence-corrected chi connectivity index (χ1v) is 5.95. The molecule has 0 aromatic heterocycles. The second-order valence-corrected chi connectivity index (χ2v) is 4.17. The number of aliphatic imine (C=N–C) groups is 1. The lowest BCUT2D eigenvalue weighted by Gasteiger charge is -2.42. The number of rotatable bonds is 8. The van der Waals surface area contributed by atoms with Gasteiger partial charge in [-0.15, -0.1) is 5.12 Å². The third-order valence-electron chi connectivity index (χ3n) is 2.52. The molecule has 12 nitrogen and oxygen atoms in total. The van der Waals surface area contributed by atoms with Crippen LogP contribution in [0.5, 0.6) is 0 Å². The summed E-state index contributed by atoms with van der Waals surface area (Å²) in [5.41, 5.74) is 0. The highest BCUT2D eigenvalue weighted by atomic mass is 16.4. The minimum absolute atomic E-state index is 0.0481. The Bertz CT molecular complexity index is 503. The van der Waals surface area contributed by atoms with Crippen LogP contribution in [0.2, 0.25) is 0 Å². The molecule has 0 aliphatic carbocycles. The number of carboxylic acids is 4. The molecule has 0 saturated carbocycles. The fourth-order valence-electron chi connectivity index (χ4n) is 1.85. The quantitative estimate of drug-likeness (QED) is 0.372. The zero-order valence-electron chi connectivity index (χ0n) is 11.2. The fraction of sp³-hybridized carbons (Fsp3) is 0.500. The lowest BCUT2D eigenvalue weighted by molar-refractivity contribution is -0.182. The maximum atomic E-state index is 11.1. The van der Waals surface area contributed by atoms with E-state index >= 15 is 0 Å². The van der Waals surface area contributed by atoms with Crippen LogP contribution in [-0.2, 0) is 19.2 Å². The van der Waals surface area contributed by atoms with Crippen molar-refractivity contribution < 1.29 is 39.6 Å². The van der Waals surface area contributed by atoms with Crippen LogP contribution < -0.4 is 0 Å². The van der Waals surface area contributed by atoms with Gasteiger partial charge in [0.1, 0.15) is 19.6 Å². The number of hydrogen-bond acceptors (Lipinski definition) is 8. The highest BCUT2D eigenvalue weighted by Crippen LogP contribution is 2.11. The number of carbonyl (C=O) groups is 4. The fourth-order valence-corrected chi connectivity index (χ4v) is 1.85. The van der Waals surface area contributed by atoms with E-state index in [0.29, 0.717) is 0 Å². The van der Waals surface area contributed by atoms with Crippen molar-refractivity contribution in [1.82, 2.24) is 15.1 Å². The number of amidine groups is 1. The van der Waals surface area contributed by atoms with Crippen molar-refractivity contribution in [3.05, 3.63) is 0 Å². The average Bonchev–Trinajstić information content (AvgIpc) is 2.36. The zero-order chi connectivity index (χ0) is 16.9. The third-order valence-corrected chi connectivity index (χ3v) is 2.52. The van der Waals surface area contributed by atoms with E-state index < -0.39 is 49.3 Å². The Hall–Kier alpha value is -2.73. The van der Waals surface area contributed by atoms with Gasteiger partial charge in [0.15, 0.2) is 0 Å². The lowest BCUT2D eigenvalue weighted by atomic mass is 10.4. The number of aliphatic carboxylic acids is 4. The molecule has 0 fully saturated rings. The highest BCUT2D eigenvalue weighted by Gasteiger charge is 2.34. The minimum Gasteiger partial charge on any atom is -0.480 e. The number of hydrazine groups is 2. The van der Waals surface area contributed by atoms with Crippen LogP contribution in [-0.4, -0.2) is 98.0 Å². The topological polar surface area (TPSA) is 171 Å². The second kappa shape index (κ2) is 7.33. The molecule has 122 valence electrons. The van der Waals surface area contributed by atoms with Gasteiger partial charge >= 0.3 is 23.9 Å². The first-order chi connectivity index (χ1) is 10.2. The van der Waals surface area contributed by atoms with Gasteiger partial charge in [0, 0.05) is 0 Å². The van der Waals surface area contributed by atoms with Crippen LogP contribution in [0.25, 0.3) is 0 Å². The zero-order valence-corrected chi connectivity index (χ0v) is 11.2. The molecule has 12 heteroatoms. The Morgan fingerprint density at radius 3 is 1.95 bits per heavy atom. The maximum absolute atomic E-state index is 11.1. The monoisotopic (exact) mass is 318 g/mol. The van der Waals surface area contributed by atoms with Gasteiger partial charge in [0.25, 0.3) is 0 Å². The molecular formula is C10H14N4O8. The molecule has 0 bridgehead atoms. The Morgan fingerprint density at radius 2 is 1.55 bits per heavy atom. The smallest absolute Gasteiger partial charge is 0.372 e. The van der Waals surface area contributed by atoms with Crippen LogP contribution in [0.3, 0.4) is 0 Å². The molecule has 0 atom stereocenters. The molecule has 1 rings (SSSR count). The average molecular weight is 318 g/mol. The van der Waals surface area contributed by atoms with Crippen molar-refractivity contribution in [1.29, 1.82) is 0 Å². The standard InChI is InChI=1S/C10H14N4O8/c15-6(16)3-12(4-7(17)18)14-2-1-11-9(10(21)22)13(14)5-8(19)20/h1-5H2,(H,15,16)(H,17,18)(H,19,20)(H,21,22). The summed E-state index contributed by atoms with van der Waals surface area (Å²) in [5.74, 6) is -6.19. The second-order valence-electron chi connectivity index (χ2n) is 4.17. The van der Waals surface area contributed by atoms with Crippen molar-refractivity contribution in [3.63, 3.8) is 0 Å². The predicted octanol–water partition coefficient (Wildman–Crippen LogP) is -2.53. The summed E-state index contributed by atoms with van der Waals surface area (Å²) in [6, 6.07) is 0. The van der Waals surface area contributed by atoms with Gasteiger partial charge in [0.2, 0.25) is 5.84 Å². The van der Waals surface area contributed by atoms with Gasteiger partial charge in [-0.1, -0.05) is 0 Å². The van der Waals surface area contributed by atoms with E-state index in [2.05, 4.69) is 4.99 Å². The van der Waals surface area contributed by atoms with Crippen LogP contribution in [0.15, 0.2) is 4.99 Å². The lowest BCUT2D eigenvalue weighted by Crippen LogP contribution is -2.62. The van der Waals surface area contributed by atoms with E-state index in [-0.39, 0.29) is 13.1 Å². The highest BCUT2D eigenvalue weighted by molar-refractivity contribution is 6.34. The largest absolute Gasteiger partial charge is 0.480 e. The van der Waals surface area contributed by atoms with Gasteiger partial charge in [-0.25, -0.2) is 9.80 Å². The van der Waals surface area contributed by atoms with E-state index in [9.17, 15) is 19.2 Å². The molecule has 0 amide bonds. The summed E-state index contributed by atoms with van der Waals surface area (Å²) >= 11 is 0. The molecule has 1 aliphatic heterocycles. The van der Waals surface area contributed by atoms with Crippen LogP contribution >= 0.6 is 0 Å². The summed E-state index contributed by atoms with van der Waals surface area (Å²) in [7, 11) is 0. The molecule has 1 heterocycles. The summed E-state index contributed by atoms with van der Waals surface area (Å²) in [4.78, 5) is 47.3. The van der Waals surface area contributed by atoms with E-state index in [1.807, 2.05) is 0 Å².